The van der Waals surface area contributed by atoms with E-state index in [2.05, 4.69) is 53.3 Å². The summed E-state index contributed by atoms with van der Waals surface area (Å²) in [5.74, 6) is 0.805. The van der Waals surface area contributed by atoms with Gasteiger partial charge in [-0.25, -0.2) is 9.78 Å². The third-order valence-electron chi connectivity index (χ3n) is 4.10. The van der Waals surface area contributed by atoms with Gasteiger partial charge < -0.3 is 4.90 Å². The fourth-order valence-corrected chi connectivity index (χ4v) is 2.78. The van der Waals surface area contributed by atoms with Gasteiger partial charge in [0.25, 0.3) is 0 Å². The van der Waals surface area contributed by atoms with Gasteiger partial charge in [0.05, 0.1) is 0 Å². The van der Waals surface area contributed by atoms with Gasteiger partial charge in [-0.05, 0) is 32.9 Å². The quantitative estimate of drug-likeness (QED) is 0.880. The SMILES string of the molecule is CCN(CC)c1ccc(-c2c[n+]3c(cn2)NC(C)C3=O)cc1. The van der Waals surface area contributed by atoms with Gasteiger partial charge in [-0.3, -0.25) is 5.32 Å². The molecule has 1 aliphatic heterocycles. The van der Waals surface area contributed by atoms with Crippen molar-refractivity contribution in [2.75, 3.05) is 23.3 Å². The molecular formula is C17H21N4O+. The van der Waals surface area contributed by atoms with Crippen molar-refractivity contribution in [2.45, 2.75) is 26.8 Å². The molecule has 3 rings (SSSR count). The van der Waals surface area contributed by atoms with Gasteiger partial charge in [0.15, 0.2) is 6.04 Å². The monoisotopic (exact) mass is 297 g/mol. The first kappa shape index (κ1) is 14.5. The summed E-state index contributed by atoms with van der Waals surface area (Å²) < 4.78 is 1.64. The molecule has 22 heavy (non-hydrogen) atoms. The summed E-state index contributed by atoms with van der Waals surface area (Å²) >= 11 is 0. The molecule has 1 aromatic carbocycles. The number of hydrogen-bond donors (Lipinski definition) is 1. The lowest BCUT2D eigenvalue weighted by molar-refractivity contribution is -0.552. The molecule has 0 saturated heterocycles. The van der Waals surface area contributed by atoms with E-state index in [1.807, 2.05) is 6.92 Å². The van der Waals surface area contributed by atoms with E-state index in [-0.39, 0.29) is 11.9 Å². The van der Waals surface area contributed by atoms with Crippen molar-refractivity contribution in [3.8, 4) is 11.3 Å². The normalized spacial score (nSPS) is 16.3. The van der Waals surface area contributed by atoms with Gasteiger partial charge >= 0.3 is 11.7 Å². The van der Waals surface area contributed by atoms with Gasteiger partial charge in [0.1, 0.15) is 18.1 Å². The van der Waals surface area contributed by atoms with E-state index >= 15 is 0 Å². The van der Waals surface area contributed by atoms with Crippen molar-refractivity contribution in [1.29, 1.82) is 0 Å². The van der Waals surface area contributed by atoms with E-state index in [0.717, 1.165) is 30.2 Å². The predicted octanol–water partition coefficient (Wildman–Crippen LogP) is 2.34. The van der Waals surface area contributed by atoms with Crippen LogP contribution >= 0.6 is 0 Å². The smallest absolute Gasteiger partial charge is 0.358 e. The second kappa shape index (κ2) is 5.75. The Kier molecular flexibility index (Phi) is 3.79. The number of aromatic nitrogens is 2. The van der Waals surface area contributed by atoms with E-state index in [0.29, 0.717) is 0 Å². The van der Waals surface area contributed by atoms with Crippen LogP contribution in [0.4, 0.5) is 11.5 Å². The van der Waals surface area contributed by atoms with Crippen LogP contribution in [0.2, 0.25) is 0 Å². The van der Waals surface area contributed by atoms with E-state index in [1.165, 1.54) is 5.69 Å². The van der Waals surface area contributed by atoms with Crippen LogP contribution < -0.4 is 14.8 Å². The van der Waals surface area contributed by atoms with Crippen molar-refractivity contribution in [3.63, 3.8) is 0 Å². The first-order chi connectivity index (χ1) is 10.6. The fraction of sp³-hybridized carbons (Fsp3) is 0.353. The Morgan fingerprint density at radius 3 is 2.55 bits per heavy atom. The van der Waals surface area contributed by atoms with Gasteiger partial charge in [-0.2, -0.15) is 4.57 Å². The number of nitrogens with one attached hydrogen (secondary N) is 1. The molecule has 0 saturated carbocycles. The molecule has 1 aliphatic rings. The highest BCUT2D eigenvalue weighted by Crippen LogP contribution is 2.22. The number of nitrogens with zero attached hydrogens (tertiary/aromatic N) is 3. The molecule has 0 radical (unpaired) electrons. The third-order valence-corrected chi connectivity index (χ3v) is 4.10. The maximum Gasteiger partial charge on any atom is 0.358 e. The summed E-state index contributed by atoms with van der Waals surface area (Å²) in [6.07, 6.45) is 3.52. The Balaban J connectivity index is 1.91. The average Bonchev–Trinajstić information content (AvgIpc) is 2.84. The summed E-state index contributed by atoms with van der Waals surface area (Å²) in [4.78, 5) is 18.8. The lowest BCUT2D eigenvalue weighted by Gasteiger charge is -2.21. The zero-order valence-corrected chi connectivity index (χ0v) is 13.2. The number of rotatable bonds is 4. The highest BCUT2D eigenvalue weighted by molar-refractivity contribution is 5.81. The minimum absolute atomic E-state index is 0.0541. The maximum absolute atomic E-state index is 12.1. The van der Waals surface area contributed by atoms with Crippen LogP contribution in [0.15, 0.2) is 36.7 Å². The van der Waals surface area contributed by atoms with E-state index in [9.17, 15) is 4.79 Å². The zero-order chi connectivity index (χ0) is 15.7. The van der Waals surface area contributed by atoms with E-state index in [1.54, 1.807) is 17.0 Å². The largest absolute Gasteiger partial charge is 0.372 e. The first-order valence-corrected chi connectivity index (χ1v) is 7.72. The molecule has 1 unspecified atom stereocenters. The highest BCUT2D eigenvalue weighted by atomic mass is 16.2. The van der Waals surface area contributed by atoms with Crippen molar-refractivity contribution < 1.29 is 9.36 Å². The Morgan fingerprint density at radius 2 is 1.91 bits per heavy atom. The number of hydrogen-bond acceptors (Lipinski definition) is 4. The van der Waals surface area contributed by atoms with Crippen LogP contribution in [-0.2, 0) is 0 Å². The predicted molar refractivity (Wildman–Crippen MR) is 87.1 cm³/mol. The fourth-order valence-electron chi connectivity index (χ4n) is 2.78. The van der Waals surface area contributed by atoms with Crippen molar-refractivity contribution in [2.24, 2.45) is 0 Å². The molecule has 114 valence electrons. The molecule has 0 bridgehead atoms. The van der Waals surface area contributed by atoms with Crippen molar-refractivity contribution in [3.05, 3.63) is 36.7 Å². The van der Waals surface area contributed by atoms with Crippen LogP contribution in [-0.4, -0.2) is 30.0 Å². The number of carbonyl (C=O) groups excluding carboxylic acids is 1. The summed E-state index contributed by atoms with van der Waals surface area (Å²) in [6, 6.07) is 8.12. The summed E-state index contributed by atoms with van der Waals surface area (Å²) in [5, 5.41) is 3.11. The summed E-state index contributed by atoms with van der Waals surface area (Å²) in [5.41, 5.74) is 3.02. The molecule has 5 nitrogen and oxygen atoms in total. The van der Waals surface area contributed by atoms with Gasteiger partial charge in [-0.1, -0.05) is 12.1 Å². The first-order valence-electron chi connectivity index (χ1n) is 7.72. The Hall–Kier alpha value is -2.43. The van der Waals surface area contributed by atoms with E-state index < -0.39 is 0 Å². The maximum atomic E-state index is 12.1. The summed E-state index contributed by atoms with van der Waals surface area (Å²) in [7, 11) is 0. The molecule has 5 heteroatoms. The lowest BCUT2D eigenvalue weighted by Crippen LogP contribution is -2.42. The molecule has 0 spiro atoms. The van der Waals surface area contributed by atoms with Crippen LogP contribution in [0.3, 0.4) is 0 Å². The molecule has 1 atom stereocenters. The Bertz CT molecular complexity index is 692. The summed E-state index contributed by atoms with van der Waals surface area (Å²) in [6.45, 7) is 8.13. The third kappa shape index (κ3) is 2.43. The number of carbonyl (C=O) groups is 1. The highest BCUT2D eigenvalue weighted by Gasteiger charge is 2.34. The molecule has 1 N–H and O–H groups in total. The van der Waals surface area contributed by atoms with Gasteiger partial charge in [-0.15, -0.1) is 0 Å². The minimum Gasteiger partial charge on any atom is -0.372 e. The second-order valence-corrected chi connectivity index (χ2v) is 5.45. The van der Waals surface area contributed by atoms with E-state index in [4.69, 9.17) is 0 Å². The van der Waals surface area contributed by atoms with Crippen LogP contribution in [0.5, 0.6) is 0 Å². The average molecular weight is 297 g/mol. The standard InChI is InChI=1S/C17H20N4O/c1-4-20(5-2)14-8-6-13(7-9-14)15-11-21-16(10-18-15)19-12(3)17(21)22/h6-12H,4-5H2,1-3H3/p+1. The number of fused-ring (bicyclic) bond motifs is 1. The Labute approximate surface area is 130 Å². The van der Waals surface area contributed by atoms with Crippen molar-refractivity contribution >= 4 is 17.4 Å². The van der Waals surface area contributed by atoms with Gasteiger partial charge in [0, 0.05) is 24.3 Å². The van der Waals surface area contributed by atoms with Gasteiger partial charge in [0.2, 0.25) is 0 Å². The minimum atomic E-state index is -0.193. The molecule has 0 aliphatic carbocycles. The molecule has 0 fully saturated rings. The topological polar surface area (TPSA) is 49.1 Å². The second-order valence-electron chi connectivity index (χ2n) is 5.45. The number of benzene rings is 1. The number of anilines is 2. The molecule has 1 aromatic heterocycles. The molecular weight excluding hydrogens is 276 g/mol. The lowest BCUT2D eigenvalue weighted by atomic mass is 10.1. The van der Waals surface area contributed by atoms with Crippen molar-refractivity contribution in [1.82, 2.24) is 4.98 Å². The van der Waals surface area contributed by atoms with Crippen LogP contribution in [0.25, 0.3) is 11.3 Å². The van der Waals surface area contributed by atoms with Crippen LogP contribution in [0.1, 0.15) is 25.6 Å². The van der Waals surface area contributed by atoms with Crippen LogP contribution in [0, 0.1) is 0 Å². The molecule has 2 aromatic rings. The molecule has 2 heterocycles. The molecule has 0 amide bonds. The zero-order valence-electron chi connectivity index (χ0n) is 13.2. The Morgan fingerprint density at radius 1 is 1.23 bits per heavy atom.